The van der Waals surface area contributed by atoms with Gasteiger partial charge in [0.1, 0.15) is 5.82 Å². The molecule has 1 radical (unpaired) electrons. The van der Waals surface area contributed by atoms with Gasteiger partial charge in [0.15, 0.2) is 0 Å². The van der Waals surface area contributed by atoms with Crippen molar-refractivity contribution in [2.45, 2.75) is 144 Å². The topological polar surface area (TPSA) is 46.4 Å². The van der Waals surface area contributed by atoms with Gasteiger partial charge >= 0.3 is 14.0 Å². The van der Waals surface area contributed by atoms with Crippen LogP contribution in [0.4, 0.5) is 17.2 Å². The van der Waals surface area contributed by atoms with E-state index in [1.54, 1.807) is 0 Å². The largest absolute Gasteiger partial charge is 0.599 e. The summed E-state index contributed by atoms with van der Waals surface area (Å²) in [4.78, 5) is 14.2. The summed E-state index contributed by atoms with van der Waals surface area (Å²) in [7, 11) is 1.84. The van der Waals surface area contributed by atoms with E-state index in [0.29, 0.717) is 11.8 Å². The molecule has 6 aromatic rings. The van der Waals surface area contributed by atoms with Gasteiger partial charge in [0.05, 0.1) is 0 Å². The van der Waals surface area contributed by atoms with Gasteiger partial charge in [0, 0.05) is 50.3 Å². The fourth-order valence-corrected chi connectivity index (χ4v) is 9.18. The Bertz CT molecular complexity index is 2540. The van der Waals surface area contributed by atoms with Gasteiger partial charge in [0.2, 0.25) is 0 Å². The number of benzene rings is 4. The number of aromatic nitrogens is 3. The third kappa shape index (κ3) is 9.40. The van der Waals surface area contributed by atoms with E-state index in [0.717, 1.165) is 28.6 Å². The Morgan fingerprint density at radius 1 is 0.625 bits per heavy atom. The van der Waals surface area contributed by atoms with Gasteiger partial charge in [0.25, 0.3) is 0 Å². The Morgan fingerprint density at radius 2 is 1.20 bits per heavy atom. The van der Waals surface area contributed by atoms with Gasteiger partial charge in [-0.3, -0.25) is 4.98 Å². The van der Waals surface area contributed by atoms with E-state index in [9.17, 15) is 0 Å². The van der Waals surface area contributed by atoms with E-state index in [1.807, 2.05) is 36.7 Å². The van der Waals surface area contributed by atoms with Crippen LogP contribution in [-0.2, 0) is 41.8 Å². The van der Waals surface area contributed by atoms with Crippen molar-refractivity contribution in [1.82, 2.24) is 14.4 Å². The number of hydrogen-bond donors (Lipinski definition) is 0. The van der Waals surface area contributed by atoms with Crippen LogP contribution in [0.25, 0.3) is 11.4 Å². The Hall–Kier alpha value is -4.58. The molecule has 0 saturated carbocycles. The van der Waals surface area contributed by atoms with E-state index >= 15 is 0 Å². The minimum Gasteiger partial charge on any atom is -0.599 e. The van der Waals surface area contributed by atoms with E-state index in [4.69, 9.17) is 9.64 Å². The second kappa shape index (κ2) is 18.0. The Balaban J connectivity index is 0.000000221. The van der Waals surface area contributed by atoms with Crippen molar-refractivity contribution < 1.29 is 24.8 Å². The molecule has 0 fully saturated rings. The van der Waals surface area contributed by atoms with Crippen LogP contribution in [0.5, 0.6) is 5.75 Å². The van der Waals surface area contributed by atoms with E-state index < -0.39 is 0 Å². The first-order valence-corrected chi connectivity index (χ1v) is 22.9. The molecule has 0 unspecified atom stereocenters. The first-order chi connectivity index (χ1) is 29.4. The summed E-state index contributed by atoms with van der Waals surface area (Å²) in [6.45, 7) is 36.7. The van der Waals surface area contributed by atoms with Gasteiger partial charge < -0.3 is 18.8 Å². The van der Waals surface area contributed by atoms with Gasteiger partial charge in [-0.15, -0.1) is 30.3 Å². The second-order valence-electron chi connectivity index (χ2n) is 22.3. The fourth-order valence-electron chi connectivity index (χ4n) is 9.18. The molecule has 64 heavy (non-hydrogen) atoms. The van der Waals surface area contributed by atoms with Crippen molar-refractivity contribution in [3.8, 4) is 17.1 Å². The van der Waals surface area contributed by atoms with Crippen LogP contribution in [-0.4, -0.2) is 35.5 Å². The number of pyridine rings is 1. The van der Waals surface area contributed by atoms with Gasteiger partial charge in [-0.2, -0.15) is 18.2 Å². The maximum atomic E-state index is 6.84. The predicted octanol–water partition coefficient (Wildman–Crippen LogP) is 12.3. The molecule has 4 aromatic carbocycles. The average molecular weight is 1030 g/mol. The van der Waals surface area contributed by atoms with Crippen molar-refractivity contribution in [2.24, 2.45) is 0 Å². The van der Waals surface area contributed by atoms with Crippen molar-refractivity contribution in [3.63, 3.8) is 0 Å². The summed E-state index contributed by atoms with van der Waals surface area (Å²) in [6, 6.07) is 35.0. The Kier molecular flexibility index (Phi) is 13.7. The molecule has 0 saturated heterocycles. The first-order valence-electron chi connectivity index (χ1n) is 22.9. The number of fused-ring (bicyclic) bond motifs is 4. The summed E-state index contributed by atoms with van der Waals surface area (Å²) < 4.78 is 9.13. The van der Waals surface area contributed by atoms with Crippen LogP contribution in [0.2, 0.25) is 0 Å². The molecule has 8 rings (SSSR count). The number of anilines is 3. The number of rotatable bonds is 5. The maximum Gasteiger partial charge on any atom is 0.511 e. The second-order valence-corrected chi connectivity index (χ2v) is 22.3. The van der Waals surface area contributed by atoms with Crippen molar-refractivity contribution in [1.29, 1.82) is 0 Å². The van der Waals surface area contributed by atoms with Crippen LogP contribution >= 0.6 is 0 Å². The number of para-hydroxylation sites is 1. The van der Waals surface area contributed by atoms with Gasteiger partial charge in [-0.25, -0.2) is 4.98 Å². The fraction of sp³-hybridized carbons (Fsp3) is 0.418. The predicted molar refractivity (Wildman–Crippen MR) is 269 cm³/mol. The molecule has 2 aliphatic rings. The molecule has 0 amide bonds. The molecule has 0 N–H and O–H groups in total. The minimum atomic E-state index is -0.339. The quantitative estimate of drug-likeness (QED) is 0.127. The Morgan fingerprint density at radius 3 is 1.77 bits per heavy atom. The summed E-state index contributed by atoms with van der Waals surface area (Å²) >= 11 is 0. The molecule has 337 valence electrons. The van der Waals surface area contributed by atoms with E-state index in [1.165, 1.54) is 50.0 Å². The van der Waals surface area contributed by atoms with Gasteiger partial charge in [-0.05, 0) is 103 Å². The molecule has 0 aliphatic carbocycles. The third-order valence-electron chi connectivity index (χ3n) is 12.7. The van der Waals surface area contributed by atoms with Crippen LogP contribution in [0, 0.1) is 12.1 Å². The zero-order chi connectivity index (χ0) is 46.0. The molecule has 0 spiro atoms. The van der Waals surface area contributed by atoms with Crippen LogP contribution in [0.15, 0.2) is 97.5 Å². The summed E-state index contributed by atoms with van der Waals surface area (Å²) in [6.07, 6.45) is 5.92. The molecule has 9 heteroatoms. The summed E-state index contributed by atoms with van der Waals surface area (Å²) in [5, 5.41) is 0. The normalized spacial score (nSPS) is 13.9. The van der Waals surface area contributed by atoms with Crippen LogP contribution in [0.3, 0.4) is 0 Å². The van der Waals surface area contributed by atoms with Crippen molar-refractivity contribution >= 4 is 42.2 Å². The Labute approximate surface area is 400 Å². The number of nitrogens with zero attached hydrogens (tertiary/aromatic N) is 5. The zero-order valence-electron chi connectivity index (χ0n) is 41.5. The number of imidazole rings is 1. The van der Waals surface area contributed by atoms with Crippen LogP contribution < -0.4 is 25.2 Å². The zero-order valence-corrected chi connectivity index (χ0v) is 43.9. The van der Waals surface area contributed by atoms with Crippen molar-refractivity contribution in [2.75, 3.05) is 16.7 Å². The average Bonchev–Trinajstić information content (AvgIpc) is 3.85. The smallest absolute Gasteiger partial charge is 0.511 e. The summed E-state index contributed by atoms with van der Waals surface area (Å²) in [5.41, 5.74) is 13.8. The number of hydrogen-bond acceptors (Lipinski definition) is 5. The van der Waals surface area contributed by atoms with E-state index in [2.05, 4.69) is 210 Å². The molecule has 2 aliphatic heterocycles. The molecular weight excluding hydrogens is 960 g/mol. The van der Waals surface area contributed by atoms with E-state index in [-0.39, 0.29) is 55.8 Å². The molecular formula is C55H69B2IrN5O-2. The maximum absolute atomic E-state index is 6.84. The summed E-state index contributed by atoms with van der Waals surface area (Å²) in [5.74, 6) is 3.66. The van der Waals surface area contributed by atoms with Gasteiger partial charge in [-0.1, -0.05) is 152 Å². The SMILES string of the molecule is CC(C)(C)c1ccnc(N2B(c3c(C(C)(C)C)cc(C(C)(C)C)cc3C(C)(C)C)Oc3ccc[c-]c32)c1.CC(C)c1cccc(C(C)C)c1B1N(C)c2ccc[c-]c2-c2nccn21.[Ir]. The molecule has 0 bridgehead atoms. The standard InChI is InChI=1S/C33H44BN2O.C22H25BN3.Ir/c1-30(2,3)22-17-18-35-28(21-22)36-26-15-13-14-16-27(26)37-34(36)29-24(32(7,8)9)19-23(31(4,5)6)20-25(29)33(10,11)12;1-15(2)17-10-8-11-18(16(3)4)21(17)23-25(5)20-12-7-6-9-19(20)22-24-13-14-26(22)23;/h13-14,16-21H,1-12H3;6-8,10-16H,1-5H3;/q2*-1;. The molecule has 0 atom stereocenters. The minimum absolute atomic E-state index is 0. The molecule has 4 heterocycles. The van der Waals surface area contributed by atoms with Crippen LogP contribution in [0.1, 0.15) is 156 Å². The third-order valence-corrected chi connectivity index (χ3v) is 12.7. The molecule has 6 nitrogen and oxygen atoms in total. The first kappa shape index (κ1) is 48.9. The molecule has 2 aromatic heterocycles. The monoisotopic (exact) mass is 1030 g/mol. The van der Waals surface area contributed by atoms with Crippen molar-refractivity contribution in [3.05, 3.63) is 143 Å².